The van der Waals surface area contributed by atoms with Crippen LogP contribution in [-0.2, 0) is 6.61 Å². The van der Waals surface area contributed by atoms with Gasteiger partial charge in [-0.25, -0.2) is 22.8 Å². The zero-order valence-corrected chi connectivity index (χ0v) is 19.9. The molecule has 13 heteroatoms. The first kappa shape index (κ1) is 26.7. The maximum atomic E-state index is 14.0. The highest BCUT2D eigenvalue weighted by atomic mass is 32.1. The quantitative estimate of drug-likeness (QED) is 0.337. The number of aliphatic hydroxyl groups is 1. The van der Waals surface area contributed by atoms with E-state index in [1.807, 2.05) is 0 Å². The molecule has 1 aliphatic rings. The molecule has 35 heavy (non-hydrogen) atoms. The van der Waals surface area contributed by atoms with Crippen LogP contribution in [0.2, 0.25) is 0 Å². The number of aryl methyl sites for hydroxylation is 1. The van der Waals surface area contributed by atoms with Gasteiger partial charge in [0.05, 0.1) is 11.7 Å². The molecule has 0 spiro atoms. The third kappa shape index (κ3) is 7.05. The van der Waals surface area contributed by atoms with Crippen molar-refractivity contribution < 1.29 is 37.7 Å². The van der Waals surface area contributed by atoms with E-state index in [9.17, 15) is 33.0 Å². The number of aromatic nitrogens is 1. The Hall–Kier alpha value is -2.90. The van der Waals surface area contributed by atoms with Crippen molar-refractivity contribution in [2.75, 3.05) is 31.5 Å². The van der Waals surface area contributed by atoms with Crippen LogP contribution in [0.15, 0.2) is 6.07 Å². The van der Waals surface area contributed by atoms with Crippen LogP contribution < -0.4 is 15.4 Å². The lowest BCUT2D eigenvalue weighted by Crippen LogP contribution is -2.32. The first-order valence-electron chi connectivity index (χ1n) is 11.1. The summed E-state index contributed by atoms with van der Waals surface area (Å²) in [7, 11) is 0. The highest BCUT2D eigenvalue weighted by Crippen LogP contribution is 2.32. The van der Waals surface area contributed by atoms with Crippen molar-refractivity contribution in [2.24, 2.45) is 0 Å². The van der Waals surface area contributed by atoms with Gasteiger partial charge in [-0.3, -0.25) is 5.32 Å². The number of urea groups is 1. The number of nitrogens with zero attached hydrogens (tertiary/aromatic N) is 2. The molecule has 192 valence electrons. The van der Waals surface area contributed by atoms with E-state index in [-0.39, 0.29) is 17.1 Å². The van der Waals surface area contributed by atoms with Crippen molar-refractivity contribution in [3.8, 4) is 5.88 Å². The number of likely N-dealkylation sites (tertiary alicyclic amines) is 1. The van der Waals surface area contributed by atoms with E-state index in [4.69, 9.17) is 4.74 Å². The molecule has 2 heterocycles. The molecule has 1 aromatic heterocycles. The van der Waals surface area contributed by atoms with Crippen LogP contribution in [-0.4, -0.2) is 63.8 Å². The second-order valence-corrected chi connectivity index (χ2v) is 9.00. The van der Waals surface area contributed by atoms with Crippen molar-refractivity contribution in [3.05, 3.63) is 40.2 Å². The summed E-state index contributed by atoms with van der Waals surface area (Å²) in [6.07, 6.45) is 2.67. The molecule has 1 unspecified atom stereocenters. The number of carboxylic acid groups (broad SMARTS) is 1. The molecule has 0 radical (unpaired) electrons. The summed E-state index contributed by atoms with van der Waals surface area (Å²) in [5.41, 5.74) is -1.45. The molecule has 9 nitrogen and oxygen atoms in total. The van der Waals surface area contributed by atoms with Crippen LogP contribution in [0, 0.1) is 24.4 Å². The minimum absolute atomic E-state index is 0.157. The van der Waals surface area contributed by atoms with E-state index in [1.165, 1.54) is 19.8 Å². The second-order valence-electron chi connectivity index (χ2n) is 8.23. The highest BCUT2D eigenvalue weighted by Gasteiger charge is 2.25. The third-order valence-electron chi connectivity index (χ3n) is 5.63. The average molecular weight is 517 g/mol. The van der Waals surface area contributed by atoms with Crippen molar-refractivity contribution in [3.63, 3.8) is 0 Å². The van der Waals surface area contributed by atoms with Crippen molar-refractivity contribution >= 4 is 28.5 Å². The first-order valence-corrected chi connectivity index (χ1v) is 11.9. The van der Waals surface area contributed by atoms with Crippen molar-refractivity contribution in [1.29, 1.82) is 0 Å². The van der Waals surface area contributed by atoms with Crippen molar-refractivity contribution in [1.82, 2.24) is 14.6 Å². The number of rotatable bonds is 11. The van der Waals surface area contributed by atoms with Gasteiger partial charge in [0.1, 0.15) is 17.4 Å². The summed E-state index contributed by atoms with van der Waals surface area (Å²) in [6.45, 7) is 3.42. The summed E-state index contributed by atoms with van der Waals surface area (Å²) in [5, 5.41) is 24.3. The fourth-order valence-corrected chi connectivity index (χ4v) is 4.38. The SMILES string of the molecule is Cc1cc(F)c(COc2nsc(NC(=O)NCCC(O)CCN3CCCC3)c2C(=O)O)c(F)c1F. The summed E-state index contributed by atoms with van der Waals surface area (Å²) in [4.78, 5) is 26.1. The molecule has 1 fully saturated rings. The Kier molecular flexibility index (Phi) is 9.29. The zero-order chi connectivity index (χ0) is 25.5. The molecule has 1 atom stereocenters. The lowest BCUT2D eigenvalue weighted by molar-refractivity contribution is 0.0692. The zero-order valence-electron chi connectivity index (χ0n) is 19.1. The molecule has 0 saturated carbocycles. The Balaban J connectivity index is 1.53. The predicted octanol–water partition coefficient (Wildman–Crippen LogP) is 3.50. The van der Waals surface area contributed by atoms with Gasteiger partial charge < -0.3 is 25.2 Å². The lowest BCUT2D eigenvalue weighted by Gasteiger charge is -2.17. The van der Waals surface area contributed by atoms with Crippen LogP contribution in [0.5, 0.6) is 5.88 Å². The number of anilines is 1. The molecule has 3 rings (SSSR count). The molecule has 1 aliphatic heterocycles. The standard InChI is InChI=1S/C22H27F3N4O5S/c1-12-10-15(23)14(18(25)17(12)24)11-34-19-16(21(31)32)20(35-28-19)27-22(33)26-6-4-13(30)5-9-29-7-2-3-8-29/h10,13,30H,2-9,11H2,1H3,(H,31,32)(H2,26,27,33). The lowest BCUT2D eigenvalue weighted by atomic mass is 10.1. The fraction of sp³-hybridized carbons (Fsp3) is 0.500. The predicted molar refractivity (Wildman–Crippen MR) is 122 cm³/mol. The summed E-state index contributed by atoms with van der Waals surface area (Å²) in [6, 6.07) is 0.0869. The van der Waals surface area contributed by atoms with Crippen LogP contribution in [0.1, 0.15) is 47.2 Å². The van der Waals surface area contributed by atoms with Crippen molar-refractivity contribution in [2.45, 2.75) is 45.3 Å². The maximum absolute atomic E-state index is 14.0. The number of carboxylic acids is 1. The number of carbonyl (C=O) groups is 2. The Morgan fingerprint density at radius 1 is 1.23 bits per heavy atom. The van der Waals surface area contributed by atoms with E-state index in [2.05, 4.69) is 19.9 Å². The van der Waals surface area contributed by atoms with Crippen LogP contribution in [0.25, 0.3) is 0 Å². The van der Waals surface area contributed by atoms with Gasteiger partial charge in [-0.15, -0.1) is 0 Å². The number of ether oxygens (including phenoxy) is 1. The number of nitrogens with one attached hydrogen (secondary N) is 2. The molecule has 4 N–H and O–H groups in total. The number of hydrogen-bond acceptors (Lipinski definition) is 7. The Morgan fingerprint density at radius 3 is 2.63 bits per heavy atom. The minimum Gasteiger partial charge on any atom is -0.477 e. The van der Waals surface area contributed by atoms with Gasteiger partial charge in [-0.05, 0) is 68.9 Å². The van der Waals surface area contributed by atoms with E-state index < -0.39 is 59.2 Å². The summed E-state index contributed by atoms with van der Waals surface area (Å²) >= 11 is 0.600. The van der Waals surface area contributed by atoms with E-state index in [1.54, 1.807) is 0 Å². The molecule has 1 saturated heterocycles. The smallest absolute Gasteiger partial charge is 0.344 e. The van der Waals surface area contributed by atoms with E-state index >= 15 is 0 Å². The van der Waals surface area contributed by atoms with Gasteiger partial charge >= 0.3 is 12.0 Å². The Morgan fingerprint density at radius 2 is 1.94 bits per heavy atom. The number of benzene rings is 1. The number of amides is 2. The monoisotopic (exact) mass is 516 g/mol. The second kappa shape index (κ2) is 12.2. The Labute approximate surface area is 204 Å². The molecular formula is C22H27F3N4O5S. The molecule has 1 aromatic carbocycles. The number of aliphatic hydroxyl groups excluding tert-OH is 1. The van der Waals surface area contributed by atoms with Gasteiger partial charge in [0.15, 0.2) is 17.2 Å². The summed E-state index contributed by atoms with van der Waals surface area (Å²) in [5.74, 6) is -5.68. The molecule has 2 amide bonds. The minimum atomic E-state index is -1.49. The first-order chi connectivity index (χ1) is 16.7. The molecule has 0 aliphatic carbocycles. The molecule has 0 bridgehead atoms. The van der Waals surface area contributed by atoms with Gasteiger partial charge in [-0.1, -0.05) is 0 Å². The number of hydrogen-bond donors (Lipinski definition) is 4. The van der Waals surface area contributed by atoms with Gasteiger partial charge in [0, 0.05) is 13.1 Å². The van der Waals surface area contributed by atoms with E-state index in [0.29, 0.717) is 24.4 Å². The molecular weight excluding hydrogens is 489 g/mol. The highest BCUT2D eigenvalue weighted by molar-refractivity contribution is 7.11. The normalized spacial score (nSPS) is 14.7. The van der Waals surface area contributed by atoms with E-state index in [0.717, 1.165) is 25.7 Å². The van der Waals surface area contributed by atoms with Crippen LogP contribution in [0.4, 0.5) is 23.0 Å². The third-order valence-corrected chi connectivity index (χ3v) is 6.38. The Bertz CT molecular complexity index is 1060. The largest absolute Gasteiger partial charge is 0.477 e. The average Bonchev–Trinajstić information content (AvgIpc) is 3.46. The van der Waals surface area contributed by atoms with Crippen LogP contribution >= 0.6 is 11.5 Å². The number of halogens is 3. The topological polar surface area (TPSA) is 124 Å². The maximum Gasteiger partial charge on any atom is 0.344 e. The van der Waals surface area contributed by atoms with Gasteiger partial charge in [0.2, 0.25) is 5.88 Å². The number of aromatic carboxylic acids is 1. The van der Waals surface area contributed by atoms with Gasteiger partial charge in [-0.2, -0.15) is 4.37 Å². The fourth-order valence-electron chi connectivity index (χ4n) is 3.65. The number of carbonyl (C=O) groups excluding carboxylic acids is 1. The molecule has 2 aromatic rings. The summed E-state index contributed by atoms with van der Waals surface area (Å²) < 4.78 is 50.8. The van der Waals surface area contributed by atoms with Crippen LogP contribution in [0.3, 0.4) is 0 Å². The van der Waals surface area contributed by atoms with Gasteiger partial charge in [0.25, 0.3) is 0 Å².